The number of fused-ring (bicyclic) bond motifs is 1. The standard InChI is InChI=1S/C19H26N4O3S/c1-13-10-22(11-14(2)26-13)18(25)15-3-5-21(6-4-15)12-16-9-17(24)23-7-8-27-19(23)20-16/h7-9,13-15H,3-6,10-12H2,1-2H3/t13-,14-/m0/s1. The van der Waals surface area contributed by atoms with E-state index in [0.29, 0.717) is 19.6 Å². The largest absolute Gasteiger partial charge is 0.372 e. The van der Waals surface area contributed by atoms with Crippen LogP contribution in [0.1, 0.15) is 32.4 Å². The van der Waals surface area contributed by atoms with Crippen LogP contribution in [0.2, 0.25) is 0 Å². The number of carbonyl (C=O) groups excluding carboxylic acids is 1. The van der Waals surface area contributed by atoms with E-state index in [-0.39, 0.29) is 29.6 Å². The Balaban J connectivity index is 1.34. The second-order valence-corrected chi connectivity index (χ2v) is 8.57. The Morgan fingerprint density at radius 2 is 1.96 bits per heavy atom. The Bertz CT molecular complexity index is 861. The fourth-order valence-corrected chi connectivity index (χ4v) is 4.89. The lowest BCUT2D eigenvalue weighted by Crippen LogP contribution is -2.51. The highest BCUT2D eigenvalue weighted by atomic mass is 32.1. The average Bonchev–Trinajstić information content (AvgIpc) is 3.10. The molecule has 27 heavy (non-hydrogen) atoms. The van der Waals surface area contributed by atoms with E-state index in [1.807, 2.05) is 24.1 Å². The van der Waals surface area contributed by atoms with Crippen LogP contribution in [0.25, 0.3) is 4.96 Å². The summed E-state index contributed by atoms with van der Waals surface area (Å²) in [5, 5.41) is 1.87. The van der Waals surface area contributed by atoms with Gasteiger partial charge in [-0.25, -0.2) is 4.98 Å². The summed E-state index contributed by atoms with van der Waals surface area (Å²) >= 11 is 1.47. The van der Waals surface area contributed by atoms with Crippen LogP contribution in [0.3, 0.4) is 0 Å². The Labute approximate surface area is 162 Å². The summed E-state index contributed by atoms with van der Waals surface area (Å²) in [6.07, 6.45) is 3.69. The van der Waals surface area contributed by atoms with Crippen LogP contribution in [0.5, 0.6) is 0 Å². The number of hydrogen-bond donors (Lipinski definition) is 0. The number of amides is 1. The molecule has 2 atom stereocenters. The summed E-state index contributed by atoms with van der Waals surface area (Å²) < 4.78 is 7.31. The van der Waals surface area contributed by atoms with E-state index >= 15 is 0 Å². The summed E-state index contributed by atoms with van der Waals surface area (Å²) in [5.41, 5.74) is 0.778. The van der Waals surface area contributed by atoms with E-state index in [9.17, 15) is 9.59 Å². The molecule has 0 spiro atoms. The number of hydrogen-bond acceptors (Lipinski definition) is 6. The van der Waals surface area contributed by atoms with E-state index in [1.54, 1.807) is 16.7 Å². The normalized spacial score (nSPS) is 25.2. The van der Waals surface area contributed by atoms with Crippen molar-refractivity contribution in [1.29, 1.82) is 0 Å². The first-order valence-electron chi connectivity index (χ1n) is 9.62. The van der Waals surface area contributed by atoms with Crippen LogP contribution in [-0.2, 0) is 16.1 Å². The van der Waals surface area contributed by atoms with E-state index in [4.69, 9.17) is 4.74 Å². The SMILES string of the molecule is C[C@H]1CN(C(=O)C2CCN(Cc3cc(=O)n4ccsc4n3)CC2)C[C@H](C)O1. The van der Waals surface area contributed by atoms with Gasteiger partial charge in [-0.15, -0.1) is 11.3 Å². The Morgan fingerprint density at radius 3 is 2.67 bits per heavy atom. The number of thiazole rings is 1. The molecule has 2 aliphatic rings. The van der Waals surface area contributed by atoms with Crippen molar-refractivity contribution < 1.29 is 9.53 Å². The van der Waals surface area contributed by atoms with Gasteiger partial charge in [0.1, 0.15) is 0 Å². The maximum absolute atomic E-state index is 12.9. The van der Waals surface area contributed by atoms with E-state index in [2.05, 4.69) is 9.88 Å². The molecule has 0 aliphatic carbocycles. The third-order valence-electron chi connectivity index (χ3n) is 5.41. The van der Waals surface area contributed by atoms with Crippen molar-refractivity contribution in [3.63, 3.8) is 0 Å². The number of piperidine rings is 1. The first kappa shape index (κ1) is 18.6. The number of morpholine rings is 1. The van der Waals surface area contributed by atoms with Crippen molar-refractivity contribution in [2.24, 2.45) is 5.92 Å². The van der Waals surface area contributed by atoms with Crippen molar-refractivity contribution in [2.45, 2.75) is 45.4 Å². The molecule has 4 heterocycles. The second-order valence-electron chi connectivity index (χ2n) is 7.69. The zero-order valence-electron chi connectivity index (χ0n) is 15.8. The number of rotatable bonds is 3. The lowest BCUT2D eigenvalue weighted by Gasteiger charge is -2.39. The molecule has 7 nitrogen and oxygen atoms in total. The zero-order chi connectivity index (χ0) is 19.0. The highest BCUT2D eigenvalue weighted by Crippen LogP contribution is 2.23. The molecule has 0 radical (unpaired) electrons. The monoisotopic (exact) mass is 390 g/mol. The van der Waals surface area contributed by atoms with Gasteiger partial charge >= 0.3 is 0 Å². The van der Waals surface area contributed by atoms with Crippen LogP contribution in [-0.4, -0.2) is 63.5 Å². The maximum Gasteiger partial charge on any atom is 0.258 e. The summed E-state index contributed by atoms with van der Waals surface area (Å²) in [5.74, 6) is 0.366. The van der Waals surface area contributed by atoms with Crippen LogP contribution in [0, 0.1) is 5.92 Å². The van der Waals surface area contributed by atoms with Crippen LogP contribution < -0.4 is 5.56 Å². The van der Waals surface area contributed by atoms with Crippen molar-refractivity contribution in [1.82, 2.24) is 19.2 Å². The van der Waals surface area contributed by atoms with Crippen molar-refractivity contribution in [3.05, 3.63) is 33.7 Å². The Hall–Kier alpha value is -1.77. The highest BCUT2D eigenvalue weighted by Gasteiger charge is 2.32. The van der Waals surface area contributed by atoms with Crippen molar-refractivity contribution >= 4 is 22.2 Å². The van der Waals surface area contributed by atoms with Crippen molar-refractivity contribution in [2.75, 3.05) is 26.2 Å². The van der Waals surface area contributed by atoms with Gasteiger partial charge in [-0.05, 0) is 39.8 Å². The number of aromatic nitrogens is 2. The molecule has 2 aromatic rings. The molecular weight excluding hydrogens is 364 g/mol. The molecule has 8 heteroatoms. The number of likely N-dealkylation sites (tertiary alicyclic amines) is 1. The summed E-state index contributed by atoms with van der Waals surface area (Å²) in [4.78, 5) is 34.6. The highest BCUT2D eigenvalue weighted by molar-refractivity contribution is 7.15. The van der Waals surface area contributed by atoms with Gasteiger partial charge in [-0.1, -0.05) is 0 Å². The average molecular weight is 391 g/mol. The van der Waals surface area contributed by atoms with Gasteiger partial charge in [0.2, 0.25) is 5.91 Å². The molecule has 2 aromatic heterocycles. The molecule has 0 N–H and O–H groups in total. The zero-order valence-corrected chi connectivity index (χ0v) is 16.7. The summed E-state index contributed by atoms with van der Waals surface area (Å²) in [6.45, 7) is 7.82. The van der Waals surface area contributed by atoms with Gasteiger partial charge in [-0.2, -0.15) is 0 Å². The first-order valence-corrected chi connectivity index (χ1v) is 10.5. The van der Waals surface area contributed by atoms with Crippen LogP contribution in [0.4, 0.5) is 0 Å². The second kappa shape index (κ2) is 7.69. The van der Waals surface area contributed by atoms with Crippen molar-refractivity contribution in [3.8, 4) is 0 Å². The first-order chi connectivity index (χ1) is 13.0. The van der Waals surface area contributed by atoms with Gasteiger partial charge in [0, 0.05) is 43.2 Å². The predicted molar refractivity (Wildman–Crippen MR) is 104 cm³/mol. The lowest BCUT2D eigenvalue weighted by atomic mass is 9.94. The molecule has 0 saturated carbocycles. The third-order valence-corrected chi connectivity index (χ3v) is 6.17. The van der Waals surface area contributed by atoms with E-state index < -0.39 is 0 Å². The summed E-state index contributed by atoms with van der Waals surface area (Å²) in [7, 11) is 0. The molecule has 1 amide bonds. The molecule has 0 aromatic carbocycles. The smallest absolute Gasteiger partial charge is 0.258 e. The summed E-state index contributed by atoms with van der Waals surface area (Å²) in [6, 6.07) is 1.62. The molecule has 0 unspecified atom stereocenters. The van der Waals surface area contributed by atoms with Gasteiger partial charge in [-0.3, -0.25) is 18.9 Å². The van der Waals surface area contributed by atoms with Crippen LogP contribution in [0.15, 0.2) is 22.4 Å². The fourth-order valence-electron chi connectivity index (χ4n) is 4.15. The van der Waals surface area contributed by atoms with Gasteiger partial charge < -0.3 is 9.64 Å². The topological polar surface area (TPSA) is 67.2 Å². The van der Waals surface area contributed by atoms with Gasteiger partial charge in [0.25, 0.3) is 5.56 Å². The minimum absolute atomic E-state index is 0.0307. The predicted octanol–water partition coefficient (Wildman–Crippen LogP) is 1.60. The number of ether oxygens (including phenoxy) is 1. The molecule has 146 valence electrons. The van der Waals surface area contributed by atoms with Gasteiger partial charge in [0.15, 0.2) is 4.96 Å². The van der Waals surface area contributed by atoms with Crippen LogP contribution >= 0.6 is 11.3 Å². The maximum atomic E-state index is 12.9. The molecule has 2 saturated heterocycles. The van der Waals surface area contributed by atoms with Gasteiger partial charge in [0.05, 0.1) is 17.9 Å². The Morgan fingerprint density at radius 1 is 1.26 bits per heavy atom. The van der Waals surface area contributed by atoms with E-state index in [0.717, 1.165) is 36.6 Å². The minimum atomic E-state index is -0.0307. The Kier molecular flexibility index (Phi) is 5.29. The quantitative estimate of drug-likeness (QED) is 0.796. The molecular formula is C19H26N4O3S. The molecule has 2 fully saturated rings. The lowest BCUT2D eigenvalue weighted by molar-refractivity contribution is -0.148. The molecule has 0 bridgehead atoms. The molecule has 2 aliphatic heterocycles. The van der Waals surface area contributed by atoms with E-state index in [1.165, 1.54) is 11.3 Å². The minimum Gasteiger partial charge on any atom is -0.372 e. The fraction of sp³-hybridized carbons (Fsp3) is 0.632. The molecule has 4 rings (SSSR count). The number of carbonyl (C=O) groups is 1. The third kappa shape index (κ3) is 4.07. The number of nitrogens with zero attached hydrogens (tertiary/aromatic N) is 4.